The highest BCUT2D eigenvalue weighted by Crippen LogP contribution is 2.24. The van der Waals surface area contributed by atoms with Crippen LogP contribution in [-0.2, 0) is 4.79 Å². The number of nitrogens with one attached hydrogen (secondary N) is 2. The molecule has 1 aromatic heterocycles. The number of furan rings is 1. The summed E-state index contributed by atoms with van der Waals surface area (Å²) in [6.07, 6.45) is 1.52. The fourth-order valence-electron chi connectivity index (χ4n) is 2.63. The van der Waals surface area contributed by atoms with Crippen LogP contribution in [0.5, 0.6) is 0 Å². The molecule has 0 spiro atoms. The van der Waals surface area contributed by atoms with Crippen molar-refractivity contribution in [3.05, 3.63) is 89.6 Å². The summed E-state index contributed by atoms with van der Waals surface area (Å²) in [7, 11) is 0. The zero-order valence-corrected chi connectivity index (χ0v) is 14.4. The first kappa shape index (κ1) is 18.7. The van der Waals surface area contributed by atoms with Crippen LogP contribution in [0.15, 0.2) is 65.3 Å². The van der Waals surface area contributed by atoms with E-state index < -0.39 is 41.1 Å². The van der Waals surface area contributed by atoms with Crippen LogP contribution in [0.25, 0.3) is 0 Å². The SMILES string of the molecule is C[C@@H](N[C@H](c1ccccc1)c1ccco1)C(=O)Nc1ccc(F)c(F)c1F. The largest absolute Gasteiger partial charge is 0.467 e. The molecule has 1 amide bonds. The van der Waals surface area contributed by atoms with Crippen LogP contribution in [0.3, 0.4) is 0 Å². The van der Waals surface area contributed by atoms with Crippen molar-refractivity contribution < 1.29 is 22.4 Å². The van der Waals surface area contributed by atoms with Crippen LogP contribution in [0.2, 0.25) is 0 Å². The van der Waals surface area contributed by atoms with Crippen molar-refractivity contribution in [1.29, 1.82) is 0 Å². The maximum Gasteiger partial charge on any atom is 0.241 e. The molecule has 0 aliphatic heterocycles. The van der Waals surface area contributed by atoms with Crippen molar-refractivity contribution in [1.82, 2.24) is 5.32 Å². The standard InChI is InChI=1S/C20H17F3N2O2/c1-12(20(26)25-15-10-9-14(21)17(22)18(15)23)24-19(16-8-5-11-27-16)13-6-3-2-4-7-13/h2-12,19,24H,1H3,(H,25,26)/t12-,19-/m1/s1. The van der Waals surface area contributed by atoms with Gasteiger partial charge in [-0.1, -0.05) is 30.3 Å². The van der Waals surface area contributed by atoms with Crippen LogP contribution >= 0.6 is 0 Å². The van der Waals surface area contributed by atoms with Gasteiger partial charge in [0.25, 0.3) is 0 Å². The molecule has 0 saturated carbocycles. The smallest absolute Gasteiger partial charge is 0.241 e. The molecule has 0 unspecified atom stereocenters. The van der Waals surface area contributed by atoms with Gasteiger partial charge >= 0.3 is 0 Å². The van der Waals surface area contributed by atoms with Crippen LogP contribution in [-0.4, -0.2) is 11.9 Å². The van der Waals surface area contributed by atoms with E-state index in [0.29, 0.717) is 5.76 Å². The second-order valence-electron chi connectivity index (χ2n) is 5.96. The molecular weight excluding hydrogens is 357 g/mol. The van der Waals surface area contributed by atoms with Crippen LogP contribution in [0, 0.1) is 17.5 Å². The summed E-state index contributed by atoms with van der Waals surface area (Å²) in [6.45, 7) is 1.58. The van der Waals surface area contributed by atoms with Gasteiger partial charge in [-0.05, 0) is 36.8 Å². The molecule has 0 radical (unpaired) electrons. The molecule has 0 aliphatic rings. The molecule has 0 bridgehead atoms. The molecule has 140 valence electrons. The van der Waals surface area contributed by atoms with Crippen LogP contribution in [0.1, 0.15) is 24.3 Å². The summed E-state index contributed by atoms with van der Waals surface area (Å²) in [5.41, 5.74) is 0.438. The number of carbonyl (C=O) groups excluding carboxylic acids is 1. The second kappa shape index (κ2) is 8.09. The zero-order chi connectivity index (χ0) is 19.4. The quantitative estimate of drug-likeness (QED) is 0.629. The lowest BCUT2D eigenvalue weighted by atomic mass is 10.0. The lowest BCUT2D eigenvalue weighted by Gasteiger charge is -2.22. The number of hydrogen-bond acceptors (Lipinski definition) is 3. The molecule has 2 atom stereocenters. The van der Waals surface area contributed by atoms with E-state index in [-0.39, 0.29) is 0 Å². The summed E-state index contributed by atoms with van der Waals surface area (Å²) in [5, 5.41) is 5.37. The summed E-state index contributed by atoms with van der Waals surface area (Å²) in [6, 6.07) is 13.3. The first-order valence-corrected chi connectivity index (χ1v) is 8.26. The predicted octanol–water partition coefficient (Wildman–Crippen LogP) is 4.40. The number of anilines is 1. The average molecular weight is 374 g/mol. The Kier molecular flexibility index (Phi) is 5.61. The highest BCUT2D eigenvalue weighted by atomic mass is 19.2. The molecule has 7 heteroatoms. The van der Waals surface area contributed by atoms with Gasteiger partial charge in [-0.15, -0.1) is 0 Å². The van der Waals surface area contributed by atoms with Crippen molar-refractivity contribution in [2.75, 3.05) is 5.32 Å². The third-order valence-electron chi connectivity index (χ3n) is 4.06. The number of halogens is 3. The second-order valence-corrected chi connectivity index (χ2v) is 5.96. The van der Waals surface area contributed by atoms with Crippen molar-refractivity contribution in [2.24, 2.45) is 0 Å². The zero-order valence-electron chi connectivity index (χ0n) is 14.4. The summed E-state index contributed by atoms with van der Waals surface area (Å²) >= 11 is 0. The van der Waals surface area contributed by atoms with E-state index in [9.17, 15) is 18.0 Å². The van der Waals surface area contributed by atoms with Gasteiger partial charge in [0.05, 0.1) is 24.0 Å². The van der Waals surface area contributed by atoms with Gasteiger partial charge in [0.1, 0.15) is 5.76 Å². The Labute approximate surface area is 154 Å². The van der Waals surface area contributed by atoms with Crippen molar-refractivity contribution in [3.8, 4) is 0 Å². The molecular formula is C20H17F3N2O2. The Morgan fingerprint density at radius 1 is 0.963 bits per heavy atom. The summed E-state index contributed by atoms with van der Waals surface area (Å²) in [5.74, 6) is -4.40. The predicted molar refractivity (Wildman–Crippen MR) is 94.5 cm³/mol. The van der Waals surface area contributed by atoms with Gasteiger partial charge in [-0.3, -0.25) is 10.1 Å². The highest BCUT2D eigenvalue weighted by Gasteiger charge is 2.24. The average Bonchev–Trinajstić information content (AvgIpc) is 3.21. The van der Waals surface area contributed by atoms with Crippen LogP contribution < -0.4 is 10.6 Å². The topological polar surface area (TPSA) is 54.3 Å². The van der Waals surface area contributed by atoms with Crippen molar-refractivity contribution >= 4 is 11.6 Å². The van der Waals surface area contributed by atoms with E-state index in [1.54, 1.807) is 19.1 Å². The minimum Gasteiger partial charge on any atom is -0.467 e. The molecule has 0 aliphatic carbocycles. The first-order valence-electron chi connectivity index (χ1n) is 8.26. The van der Waals surface area contributed by atoms with E-state index >= 15 is 0 Å². The monoisotopic (exact) mass is 374 g/mol. The van der Waals surface area contributed by atoms with Crippen molar-refractivity contribution in [2.45, 2.75) is 19.0 Å². The van der Waals surface area contributed by atoms with Gasteiger partial charge in [0.15, 0.2) is 17.5 Å². The Morgan fingerprint density at radius 3 is 2.37 bits per heavy atom. The Hall–Kier alpha value is -3.06. The van der Waals surface area contributed by atoms with E-state index in [1.165, 1.54) is 6.26 Å². The Bertz CT molecular complexity index is 914. The minimum atomic E-state index is -1.63. The van der Waals surface area contributed by atoms with Gasteiger partial charge in [-0.2, -0.15) is 0 Å². The molecule has 1 heterocycles. The summed E-state index contributed by atoms with van der Waals surface area (Å²) in [4.78, 5) is 12.4. The third-order valence-corrected chi connectivity index (χ3v) is 4.06. The van der Waals surface area contributed by atoms with E-state index in [0.717, 1.165) is 17.7 Å². The molecule has 0 fully saturated rings. The first-order chi connectivity index (χ1) is 13.0. The molecule has 3 aromatic rings. The highest BCUT2D eigenvalue weighted by molar-refractivity contribution is 5.94. The van der Waals surface area contributed by atoms with Gasteiger partial charge in [0, 0.05) is 0 Å². The maximum absolute atomic E-state index is 13.8. The molecule has 2 aromatic carbocycles. The number of hydrogen-bond donors (Lipinski definition) is 2. The summed E-state index contributed by atoms with van der Waals surface area (Å²) < 4.78 is 45.6. The third kappa shape index (κ3) is 4.20. The number of benzene rings is 2. The molecule has 27 heavy (non-hydrogen) atoms. The van der Waals surface area contributed by atoms with Gasteiger partial charge < -0.3 is 9.73 Å². The van der Waals surface area contributed by atoms with E-state index in [4.69, 9.17) is 4.42 Å². The number of rotatable bonds is 6. The van der Waals surface area contributed by atoms with E-state index in [2.05, 4.69) is 10.6 Å². The van der Waals surface area contributed by atoms with Gasteiger partial charge in [-0.25, -0.2) is 13.2 Å². The molecule has 4 nitrogen and oxygen atoms in total. The lowest BCUT2D eigenvalue weighted by molar-refractivity contribution is -0.117. The number of amides is 1. The lowest BCUT2D eigenvalue weighted by Crippen LogP contribution is -2.40. The Morgan fingerprint density at radius 2 is 1.70 bits per heavy atom. The number of carbonyl (C=O) groups is 1. The normalized spacial score (nSPS) is 13.2. The fourth-order valence-corrected chi connectivity index (χ4v) is 2.63. The molecule has 3 rings (SSSR count). The van der Waals surface area contributed by atoms with E-state index in [1.807, 2.05) is 30.3 Å². The maximum atomic E-state index is 13.8. The molecule has 2 N–H and O–H groups in total. The van der Waals surface area contributed by atoms with Crippen LogP contribution in [0.4, 0.5) is 18.9 Å². The van der Waals surface area contributed by atoms with Gasteiger partial charge in [0.2, 0.25) is 5.91 Å². The van der Waals surface area contributed by atoms with Crippen molar-refractivity contribution in [3.63, 3.8) is 0 Å². The molecule has 0 saturated heterocycles. The fraction of sp³-hybridized carbons (Fsp3) is 0.150. The Balaban J connectivity index is 1.77. The minimum absolute atomic E-state index is 0.420.